The van der Waals surface area contributed by atoms with Crippen LogP contribution < -0.4 is 4.72 Å². The molecule has 0 saturated carbocycles. The van der Waals surface area contributed by atoms with Gasteiger partial charge in [0.2, 0.25) is 0 Å². The zero-order valence-corrected chi connectivity index (χ0v) is 18.0. The summed E-state index contributed by atoms with van der Waals surface area (Å²) in [6.07, 6.45) is 4.82. The van der Waals surface area contributed by atoms with Crippen LogP contribution in [0.5, 0.6) is 0 Å². The summed E-state index contributed by atoms with van der Waals surface area (Å²) in [5.41, 5.74) is 1.46. The number of benzene rings is 1. The molecule has 0 fully saturated rings. The molecule has 0 aliphatic carbocycles. The highest BCUT2D eigenvalue weighted by Crippen LogP contribution is 2.22. The van der Waals surface area contributed by atoms with Crippen LogP contribution in [0.1, 0.15) is 37.0 Å². The molecule has 0 spiro atoms. The van der Waals surface area contributed by atoms with Crippen LogP contribution in [0.3, 0.4) is 0 Å². The number of nitrogens with one attached hydrogen (secondary N) is 1. The number of fused-ring (bicyclic) bond motifs is 1. The Morgan fingerprint density at radius 2 is 1.81 bits per heavy atom. The normalized spacial score (nSPS) is 12.1. The summed E-state index contributed by atoms with van der Waals surface area (Å²) in [4.78, 5) is 24.9. The second-order valence-corrected chi connectivity index (χ2v) is 9.48. The second kappa shape index (κ2) is 7.55. The molecular weight excluding hydrogens is 416 g/mol. The molecule has 0 aliphatic heterocycles. The molecule has 0 unspecified atom stereocenters. The van der Waals surface area contributed by atoms with Gasteiger partial charge in [-0.2, -0.15) is 13.5 Å². The summed E-state index contributed by atoms with van der Waals surface area (Å²) in [5.74, 6) is -0.865. The largest absolute Gasteiger partial charge is 0.300 e. The molecule has 158 valence electrons. The summed E-state index contributed by atoms with van der Waals surface area (Å²) in [6.45, 7) is 5.71. The average molecular weight is 436 g/mol. The van der Waals surface area contributed by atoms with Gasteiger partial charge in [-0.3, -0.25) is 4.79 Å². The van der Waals surface area contributed by atoms with Gasteiger partial charge in [-0.25, -0.2) is 24.4 Å². The van der Waals surface area contributed by atoms with Crippen molar-refractivity contribution in [1.82, 2.24) is 29.5 Å². The predicted octanol–water partition coefficient (Wildman–Crippen LogP) is 2.63. The van der Waals surface area contributed by atoms with E-state index in [9.17, 15) is 13.2 Å². The first-order valence-corrected chi connectivity index (χ1v) is 10.9. The van der Waals surface area contributed by atoms with E-state index in [-0.39, 0.29) is 11.1 Å². The number of nitrogens with zero attached hydrogens (tertiary/aromatic N) is 5. The molecule has 3 heterocycles. The molecule has 0 atom stereocenters. The number of hydrogen-bond acceptors (Lipinski definition) is 7. The van der Waals surface area contributed by atoms with Gasteiger partial charge in [-0.1, -0.05) is 26.8 Å². The molecule has 0 aliphatic rings. The fourth-order valence-corrected chi connectivity index (χ4v) is 3.84. The Hall–Kier alpha value is -3.66. The minimum Gasteiger partial charge on any atom is -0.266 e. The van der Waals surface area contributed by atoms with Gasteiger partial charge in [0.15, 0.2) is 0 Å². The molecular formula is C21H20N6O3S. The molecule has 31 heavy (non-hydrogen) atoms. The molecule has 0 bridgehead atoms. The van der Waals surface area contributed by atoms with Crippen LogP contribution in [-0.4, -0.2) is 39.1 Å². The van der Waals surface area contributed by atoms with Crippen molar-refractivity contribution >= 4 is 26.8 Å². The van der Waals surface area contributed by atoms with E-state index >= 15 is 0 Å². The SMILES string of the molecule is CC(C)(C)c1ccnc(S(=O)(=O)NC(=O)c2ccc3c(-n4cccn4)cccc3n2)n1. The maximum absolute atomic E-state index is 12.7. The number of carbonyl (C=O) groups excluding carboxylic acids is 1. The Bertz CT molecular complexity index is 1380. The first-order valence-electron chi connectivity index (χ1n) is 9.46. The molecule has 4 rings (SSSR count). The minimum atomic E-state index is -4.26. The summed E-state index contributed by atoms with van der Waals surface area (Å²) >= 11 is 0. The predicted molar refractivity (Wildman–Crippen MR) is 114 cm³/mol. The molecule has 0 saturated heterocycles. The smallest absolute Gasteiger partial charge is 0.266 e. The minimum absolute atomic E-state index is 0.0410. The molecule has 10 heteroatoms. The van der Waals surface area contributed by atoms with Crippen molar-refractivity contribution in [2.75, 3.05) is 0 Å². The van der Waals surface area contributed by atoms with E-state index in [0.29, 0.717) is 11.2 Å². The van der Waals surface area contributed by atoms with Crippen molar-refractivity contribution in [3.63, 3.8) is 0 Å². The van der Waals surface area contributed by atoms with Gasteiger partial charge >= 0.3 is 0 Å². The zero-order chi connectivity index (χ0) is 22.2. The van der Waals surface area contributed by atoms with Gasteiger partial charge < -0.3 is 0 Å². The Labute approximate surface area is 179 Å². The lowest BCUT2D eigenvalue weighted by Gasteiger charge is -2.17. The molecule has 9 nitrogen and oxygen atoms in total. The van der Waals surface area contributed by atoms with Crippen molar-refractivity contribution in [1.29, 1.82) is 0 Å². The van der Waals surface area contributed by atoms with Crippen LogP contribution >= 0.6 is 0 Å². The zero-order valence-electron chi connectivity index (χ0n) is 17.1. The third-order valence-corrected chi connectivity index (χ3v) is 5.69. The number of rotatable bonds is 4. The number of carbonyl (C=O) groups is 1. The first kappa shape index (κ1) is 20.6. The standard InChI is InChI=1S/C21H20N6O3S/c1-21(2,3)18-10-12-22-20(25-18)31(29,30)26-19(28)16-9-8-14-15(24-16)6-4-7-17(14)27-13-5-11-23-27/h4-13H,1-3H3,(H,26,28). The van der Waals surface area contributed by atoms with Gasteiger partial charge in [0.1, 0.15) is 5.69 Å². The summed E-state index contributed by atoms with van der Waals surface area (Å²) < 4.78 is 29.0. The highest BCUT2D eigenvalue weighted by atomic mass is 32.2. The number of pyridine rings is 1. The van der Waals surface area contributed by atoms with E-state index in [1.54, 1.807) is 47.4 Å². The van der Waals surface area contributed by atoms with Gasteiger partial charge in [0.05, 0.1) is 16.9 Å². The summed E-state index contributed by atoms with van der Waals surface area (Å²) in [6, 6.07) is 12.0. The second-order valence-electron chi connectivity index (χ2n) is 7.90. The van der Waals surface area contributed by atoms with E-state index in [2.05, 4.69) is 20.1 Å². The van der Waals surface area contributed by atoms with Crippen LogP contribution in [-0.2, 0) is 15.4 Å². The Kier molecular flexibility index (Phi) is 5.02. The molecule has 1 amide bonds. The topological polar surface area (TPSA) is 120 Å². The molecule has 1 aromatic carbocycles. The van der Waals surface area contributed by atoms with Gasteiger partial charge in [0.25, 0.3) is 21.1 Å². The number of aromatic nitrogens is 5. The molecule has 1 N–H and O–H groups in total. The third-order valence-electron chi connectivity index (χ3n) is 4.56. The van der Waals surface area contributed by atoms with Crippen LogP contribution in [0.15, 0.2) is 66.2 Å². The average Bonchev–Trinajstić information content (AvgIpc) is 3.27. The van der Waals surface area contributed by atoms with Crippen LogP contribution in [0, 0.1) is 0 Å². The van der Waals surface area contributed by atoms with E-state index in [1.807, 2.05) is 31.6 Å². The van der Waals surface area contributed by atoms with Crippen molar-refractivity contribution in [3.05, 3.63) is 72.4 Å². The monoisotopic (exact) mass is 436 g/mol. The van der Waals surface area contributed by atoms with E-state index < -0.39 is 21.1 Å². The summed E-state index contributed by atoms with van der Waals surface area (Å²) in [7, 11) is -4.26. The van der Waals surface area contributed by atoms with Crippen LogP contribution in [0.4, 0.5) is 0 Å². The third kappa shape index (κ3) is 4.15. The van der Waals surface area contributed by atoms with Gasteiger partial charge in [-0.05, 0) is 36.4 Å². The Morgan fingerprint density at radius 3 is 2.52 bits per heavy atom. The van der Waals surface area contributed by atoms with Crippen molar-refractivity contribution in [2.45, 2.75) is 31.3 Å². The molecule has 3 aromatic heterocycles. The lowest BCUT2D eigenvalue weighted by molar-refractivity contribution is 0.0976. The van der Waals surface area contributed by atoms with Crippen molar-refractivity contribution in [2.24, 2.45) is 0 Å². The van der Waals surface area contributed by atoms with Crippen molar-refractivity contribution < 1.29 is 13.2 Å². The highest BCUT2D eigenvalue weighted by Gasteiger charge is 2.25. The van der Waals surface area contributed by atoms with Crippen LogP contribution in [0.2, 0.25) is 0 Å². The van der Waals surface area contributed by atoms with Gasteiger partial charge in [0, 0.05) is 29.4 Å². The van der Waals surface area contributed by atoms with Crippen LogP contribution in [0.25, 0.3) is 16.6 Å². The number of hydrogen-bond donors (Lipinski definition) is 1. The Balaban J connectivity index is 1.64. The van der Waals surface area contributed by atoms with E-state index in [0.717, 1.165) is 11.1 Å². The summed E-state index contributed by atoms with van der Waals surface area (Å²) in [5, 5.41) is 4.52. The fourth-order valence-electron chi connectivity index (χ4n) is 2.98. The fraction of sp³-hybridized carbons (Fsp3) is 0.190. The Morgan fingerprint density at radius 1 is 1.00 bits per heavy atom. The molecule has 4 aromatic rings. The quantitative estimate of drug-likeness (QED) is 0.488. The maximum Gasteiger partial charge on any atom is 0.300 e. The maximum atomic E-state index is 12.7. The highest BCUT2D eigenvalue weighted by molar-refractivity contribution is 7.89. The number of amides is 1. The lowest BCUT2D eigenvalue weighted by atomic mass is 9.92. The van der Waals surface area contributed by atoms with E-state index in [4.69, 9.17) is 0 Å². The van der Waals surface area contributed by atoms with Crippen molar-refractivity contribution in [3.8, 4) is 5.69 Å². The first-order chi connectivity index (χ1) is 14.6. The molecule has 0 radical (unpaired) electrons. The lowest BCUT2D eigenvalue weighted by Crippen LogP contribution is -2.33. The van der Waals surface area contributed by atoms with Gasteiger partial charge in [-0.15, -0.1) is 0 Å². The number of sulfonamides is 1. The van der Waals surface area contributed by atoms with E-state index in [1.165, 1.54) is 12.3 Å².